The summed E-state index contributed by atoms with van der Waals surface area (Å²) in [6.45, 7) is 12.6. The van der Waals surface area contributed by atoms with Crippen molar-refractivity contribution in [1.29, 1.82) is 0 Å². The summed E-state index contributed by atoms with van der Waals surface area (Å²) in [6.07, 6.45) is 1.39. The van der Waals surface area contributed by atoms with Crippen LogP contribution in [0, 0.1) is 5.82 Å². The van der Waals surface area contributed by atoms with Crippen molar-refractivity contribution >= 4 is 79.6 Å². The van der Waals surface area contributed by atoms with E-state index < -0.39 is 14.1 Å². The molecule has 2 heterocycles. The number of benzene rings is 5. The molecule has 1 fully saturated rings. The van der Waals surface area contributed by atoms with Gasteiger partial charge in [0.15, 0.2) is 5.82 Å². The van der Waals surface area contributed by atoms with E-state index in [0.29, 0.717) is 59.6 Å². The van der Waals surface area contributed by atoms with Gasteiger partial charge in [-0.1, -0.05) is 140 Å². The first kappa shape index (κ1) is 35.8. The van der Waals surface area contributed by atoms with Gasteiger partial charge in [-0.15, -0.1) is 0 Å². The highest BCUT2D eigenvalue weighted by Gasteiger charge is 2.52. The Kier molecular flexibility index (Phi) is 9.95. The van der Waals surface area contributed by atoms with Gasteiger partial charge in [0.1, 0.15) is 23.4 Å². The highest BCUT2D eigenvalue weighted by Crippen LogP contribution is 2.44. The number of piperazine rings is 1. The second-order valence-corrected chi connectivity index (χ2v) is 19.3. The largest absolute Gasteiger partial charge is 0.534 e. The van der Waals surface area contributed by atoms with Crippen LogP contribution in [-0.2, 0) is 4.79 Å². The zero-order valence-electron chi connectivity index (χ0n) is 29.4. The van der Waals surface area contributed by atoms with Crippen LogP contribution >= 0.6 is 27.5 Å². The molecule has 0 saturated carbocycles. The van der Waals surface area contributed by atoms with Crippen LogP contribution in [0.15, 0.2) is 122 Å². The van der Waals surface area contributed by atoms with Crippen molar-refractivity contribution in [2.24, 2.45) is 0 Å². The molecule has 264 valence electrons. The fourth-order valence-corrected chi connectivity index (χ4v) is 12.3. The molecular weight excluding hydrogens is 755 g/mol. The third kappa shape index (κ3) is 6.39. The number of carbonyl (C=O) groups excluding carboxylic acids is 1. The Morgan fingerprint density at radius 2 is 1.50 bits per heavy atom. The molecule has 1 saturated heterocycles. The second kappa shape index (κ2) is 14.4. The number of anilines is 1. The molecule has 10 heteroatoms. The lowest BCUT2D eigenvalue weighted by atomic mass is 9.96. The van der Waals surface area contributed by atoms with Crippen LogP contribution in [0.4, 0.5) is 10.2 Å². The Balaban J connectivity index is 1.35. The van der Waals surface area contributed by atoms with Crippen LogP contribution in [0.2, 0.25) is 10.1 Å². The minimum absolute atomic E-state index is 0.0730. The molecule has 7 rings (SSSR count). The van der Waals surface area contributed by atoms with Gasteiger partial charge in [0.2, 0.25) is 5.91 Å². The molecule has 0 spiro atoms. The van der Waals surface area contributed by atoms with Gasteiger partial charge in [-0.3, -0.25) is 4.79 Å². The molecule has 0 unspecified atom stereocenters. The maximum atomic E-state index is 17.1. The number of halogens is 3. The molecule has 0 N–H and O–H groups in total. The number of hydrogen-bond acceptors (Lipinski definition) is 5. The van der Waals surface area contributed by atoms with Gasteiger partial charge in [0.05, 0.1) is 5.02 Å². The van der Waals surface area contributed by atoms with Gasteiger partial charge in [0.25, 0.3) is 0 Å². The first-order valence-corrected chi connectivity index (χ1v) is 20.7. The Morgan fingerprint density at radius 1 is 0.885 bits per heavy atom. The quantitative estimate of drug-likeness (QED) is 0.0877. The van der Waals surface area contributed by atoms with E-state index in [2.05, 4.69) is 102 Å². The van der Waals surface area contributed by atoms with Crippen molar-refractivity contribution in [3.05, 3.63) is 132 Å². The molecule has 1 aromatic heterocycles. The smallest absolute Gasteiger partial charge is 0.319 e. The minimum Gasteiger partial charge on any atom is -0.534 e. The SMILES string of the molecule is C=C(CBr)C(=O)N1CCN(c2ncnc3c(F)c(-c4cc(O[Si](c5ccccc5)(c5ccccc5)C(C)(C)C)cc5ccccc45)c(Cl)cc23)CC1. The van der Waals surface area contributed by atoms with Gasteiger partial charge in [0, 0.05) is 48.0 Å². The maximum Gasteiger partial charge on any atom is 0.319 e. The average Bonchev–Trinajstić information content (AvgIpc) is 3.16. The molecule has 6 nitrogen and oxygen atoms in total. The van der Waals surface area contributed by atoms with E-state index in [1.165, 1.54) is 6.33 Å². The zero-order valence-corrected chi connectivity index (χ0v) is 32.7. The van der Waals surface area contributed by atoms with E-state index in [4.69, 9.17) is 16.0 Å². The minimum atomic E-state index is -3.00. The lowest BCUT2D eigenvalue weighted by Gasteiger charge is -2.43. The van der Waals surface area contributed by atoms with Gasteiger partial charge in [-0.25, -0.2) is 14.4 Å². The highest BCUT2D eigenvalue weighted by atomic mass is 79.9. The van der Waals surface area contributed by atoms with Gasteiger partial charge < -0.3 is 14.2 Å². The van der Waals surface area contributed by atoms with E-state index in [1.54, 1.807) is 11.0 Å². The number of rotatable bonds is 8. The number of carbonyl (C=O) groups is 1. The van der Waals surface area contributed by atoms with Crippen LogP contribution < -0.4 is 19.7 Å². The monoisotopic (exact) mass is 792 g/mol. The predicted octanol–water partition coefficient (Wildman–Crippen LogP) is 8.78. The molecule has 1 aliphatic heterocycles. The number of amides is 1. The first-order chi connectivity index (χ1) is 25.0. The number of fused-ring (bicyclic) bond motifs is 2. The Bertz CT molecular complexity index is 2250. The summed E-state index contributed by atoms with van der Waals surface area (Å²) < 4.78 is 24.5. The van der Waals surface area contributed by atoms with Gasteiger partial charge in [-0.2, -0.15) is 0 Å². The molecule has 0 aliphatic carbocycles. The van der Waals surface area contributed by atoms with Crippen molar-refractivity contribution in [3.63, 3.8) is 0 Å². The highest BCUT2D eigenvalue weighted by molar-refractivity contribution is 9.09. The van der Waals surface area contributed by atoms with Crippen LogP contribution in [-0.4, -0.2) is 60.6 Å². The third-order valence-corrected chi connectivity index (χ3v) is 15.8. The van der Waals surface area contributed by atoms with Crippen molar-refractivity contribution in [2.45, 2.75) is 25.8 Å². The summed E-state index contributed by atoms with van der Waals surface area (Å²) >= 11 is 10.4. The molecule has 0 bridgehead atoms. The van der Waals surface area contributed by atoms with Crippen LogP contribution in [0.3, 0.4) is 0 Å². The Labute approximate surface area is 318 Å². The fraction of sp³-hybridized carbons (Fsp3) is 0.214. The number of hydrogen-bond donors (Lipinski definition) is 0. The molecule has 1 aliphatic rings. The fourth-order valence-electron chi connectivity index (χ4n) is 7.39. The van der Waals surface area contributed by atoms with Crippen molar-refractivity contribution in [1.82, 2.24) is 14.9 Å². The summed E-state index contributed by atoms with van der Waals surface area (Å²) in [5, 5.41) is 4.94. The predicted molar refractivity (Wildman–Crippen MR) is 217 cm³/mol. The molecule has 5 aromatic carbocycles. The standard InChI is InChI=1S/C42H39BrClFN4O2Si/c1-28(26-43)41(50)49-21-19-48(20-22-49)40-35-25-36(44)37(38(45)39(35)46-27-47-40)34-24-30(23-29-13-11-12-18-33(29)34)51-52(42(2,3)4,31-14-7-5-8-15-31)32-16-9-6-10-17-32/h5-18,23-25,27H,1,19-22,26H2,2-4H3. The van der Waals surface area contributed by atoms with Crippen LogP contribution in [0.5, 0.6) is 5.75 Å². The number of aromatic nitrogens is 2. The lowest BCUT2D eigenvalue weighted by molar-refractivity contribution is -0.127. The van der Waals surface area contributed by atoms with Gasteiger partial charge in [-0.05, 0) is 49.9 Å². The maximum absolute atomic E-state index is 17.1. The summed E-state index contributed by atoms with van der Waals surface area (Å²) in [5.74, 6) is 0.617. The first-order valence-electron chi connectivity index (χ1n) is 17.3. The summed E-state index contributed by atoms with van der Waals surface area (Å²) in [7, 11) is -3.00. The van der Waals surface area contributed by atoms with Crippen molar-refractivity contribution in [2.75, 3.05) is 36.4 Å². The molecular formula is C42H39BrClFN4O2Si. The Morgan fingerprint density at radius 3 is 2.12 bits per heavy atom. The zero-order chi connectivity index (χ0) is 36.6. The summed E-state index contributed by atoms with van der Waals surface area (Å²) in [5.41, 5.74) is 1.56. The van der Waals surface area contributed by atoms with Crippen LogP contribution in [0.25, 0.3) is 32.8 Å². The van der Waals surface area contributed by atoms with E-state index in [9.17, 15) is 4.79 Å². The van der Waals surface area contributed by atoms with Crippen molar-refractivity contribution in [3.8, 4) is 16.9 Å². The molecule has 1 amide bonds. The molecule has 6 aromatic rings. The summed E-state index contributed by atoms with van der Waals surface area (Å²) in [6, 6.07) is 34.5. The van der Waals surface area contributed by atoms with E-state index in [0.717, 1.165) is 21.1 Å². The average molecular weight is 794 g/mol. The van der Waals surface area contributed by atoms with E-state index >= 15 is 4.39 Å². The number of nitrogens with zero attached hydrogens (tertiary/aromatic N) is 4. The van der Waals surface area contributed by atoms with Crippen LogP contribution in [0.1, 0.15) is 20.8 Å². The molecule has 0 radical (unpaired) electrons. The van der Waals surface area contributed by atoms with Gasteiger partial charge >= 0.3 is 8.32 Å². The molecule has 0 atom stereocenters. The molecule has 52 heavy (non-hydrogen) atoms. The van der Waals surface area contributed by atoms with E-state index in [1.807, 2.05) is 53.4 Å². The normalized spacial score (nSPS) is 13.8. The number of alkyl halides is 1. The van der Waals surface area contributed by atoms with E-state index in [-0.39, 0.29) is 27.0 Å². The topological polar surface area (TPSA) is 58.6 Å². The lowest BCUT2D eigenvalue weighted by Crippen LogP contribution is -2.68. The summed E-state index contributed by atoms with van der Waals surface area (Å²) in [4.78, 5) is 25.5. The Hall–Kier alpha value is -4.57. The van der Waals surface area contributed by atoms with Crippen molar-refractivity contribution < 1.29 is 13.6 Å². The second-order valence-electron chi connectivity index (χ2n) is 14.1. The third-order valence-electron chi connectivity index (χ3n) is 9.92.